The Morgan fingerprint density at radius 2 is 1.68 bits per heavy atom. The van der Waals surface area contributed by atoms with Gasteiger partial charge >= 0.3 is 0 Å². The molecule has 7 nitrogen and oxygen atoms in total. The minimum atomic E-state index is -1.36. The smallest absolute Gasteiger partial charge is 0.111 e. The maximum Gasteiger partial charge on any atom is 0.111 e. The normalized spacial score (nSPS) is 37.6. The zero-order valence-corrected chi connectivity index (χ0v) is 11.5. The first kappa shape index (κ1) is 16.8. The van der Waals surface area contributed by atoms with Crippen molar-refractivity contribution in [2.75, 3.05) is 26.2 Å². The van der Waals surface area contributed by atoms with Crippen LogP contribution < -0.4 is 5.73 Å². The van der Waals surface area contributed by atoms with E-state index in [1.165, 1.54) is 0 Å². The van der Waals surface area contributed by atoms with Gasteiger partial charge in [0.05, 0.1) is 6.61 Å². The number of aliphatic hydroxyl groups is 4. The van der Waals surface area contributed by atoms with Gasteiger partial charge in [0.15, 0.2) is 0 Å². The van der Waals surface area contributed by atoms with Crippen LogP contribution in [0.4, 0.5) is 0 Å². The maximum atomic E-state index is 9.93. The third kappa shape index (κ3) is 3.85. The highest BCUT2D eigenvalue weighted by Gasteiger charge is 2.45. The number of nitrogens with two attached hydrogens (primary N) is 1. The van der Waals surface area contributed by atoms with Crippen LogP contribution in [0.3, 0.4) is 0 Å². The lowest BCUT2D eigenvalue weighted by atomic mass is 9.91. The van der Waals surface area contributed by atoms with E-state index in [9.17, 15) is 15.3 Å². The summed E-state index contributed by atoms with van der Waals surface area (Å²) in [6, 6.07) is -0.508. The van der Waals surface area contributed by atoms with Crippen molar-refractivity contribution in [1.82, 2.24) is 4.90 Å². The molecule has 1 fully saturated rings. The molecule has 114 valence electrons. The van der Waals surface area contributed by atoms with Gasteiger partial charge in [-0.2, -0.15) is 0 Å². The van der Waals surface area contributed by atoms with E-state index in [0.717, 1.165) is 13.1 Å². The fourth-order valence-electron chi connectivity index (χ4n) is 2.37. The molecule has 0 unspecified atom stereocenters. The van der Waals surface area contributed by atoms with Crippen LogP contribution in [0.1, 0.15) is 13.8 Å². The highest BCUT2D eigenvalue weighted by atomic mass is 16.5. The molecular formula is C12H26N2O5. The fraction of sp³-hybridized carbons (Fsp3) is 1.00. The minimum absolute atomic E-state index is 0.431. The molecule has 19 heavy (non-hydrogen) atoms. The molecule has 1 rings (SSSR count). The van der Waals surface area contributed by atoms with Crippen LogP contribution in [-0.4, -0.2) is 88.1 Å². The van der Waals surface area contributed by atoms with Crippen molar-refractivity contribution >= 4 is 0 Å². The van der Waals surface area contributed by atoms with Gasteiger partial charge in [-0.3, -0.25) is 0 Å². The summed E-state index contributed by atoms with van der Waals surface area (Å²) in [4.78, 5) is 2.08. The molecule has 1 aliphatic rings. The van der Waals surface area contributed by atoms with Crippen molar-refractivity contribution in [1.29, 1.82) is 0 Å². The lowest BCUT2D eigenvalue weighted by Gasteiger charge is -2.43. The quantitative estimate of drug-likeness (QED) is 0.364. The molecular weight excluding hydrogens is 252 g/mol. The van der Waals surface area contributed by atoms with Crippen molar-refractivity contribution in [2.45, 2.75) is 50.4 Å². The van der Waals surface area contributed by atoms with Gasteiger partial charge in [0.2, 0.25) is 0 Å². The number of aliphatic hydroxyl groups excluding tert-OH is 4. The molecule has 0 aromatic rings. The van der Waals surface area contributed by atoms with Gasteiger partial charge in [-0.1, -0.05) is 13.8 Å². The first-order valence-electron chi connectivity index (χ1n) is 6.74. The van der Waals surface area contributed by atoms with E-state index in [1.807, 2.05) is 13.8 Å². The monoisotopic (exact) mass is 278 g/mol. The second-order valence-electron chi connectivity index (χ2n) is 4.94. The zero-order chi connectivity index (χ0) is 14.6. The second-order valence-corrected chi connectivity index (χ2v) is 4.94. The molecule has 1 aliphatic heterocycles. The minimum Gasteiger partial charge on any atom is -0.394 e. The van der Waals surface area contributed by atoms with Crippen LogP contribution in [0.5, 0.6) is 0 Å². The van der Waals surface area contributed by atoms with Gasteiger partial charge in [0.25, 0.3) is 0 Å². The lowest BCUT2D eigenvalue weighted by Crippen LogP contribution is -2.64. The van der Waals surface area contributed by atoms with Crippen LogP contribution in [0, 0.1) is 0 Å². The molecule has 0 radical (unpaired) electrons. The number of hydrogen-bond donors (Lipinski definition) is 5. The molecule has 1 saturated heterocycles. The molecule has 6 atom stereocenters. The Balaban J connectivity index is 2.69. The maximum absolute atomic E-state index is 9.93. The molecule has 0 saturated carbocycles. The highest BCUT2D eigenvalue weighted by molar-refractivity contribution is 4.96. The van der Waals surface area contributed by atoms with Crippen molar-refractivity contribution in [3.63, 3.8) is 0 Å². The Kier molecular flexibility index (Phi) is 6.61. The first-order valence-corrected chi connectivity index (χ1v) is 6.74. The van der Waals surface area contributed by atoms with Gasteiger partial charge in [0.1, 0.15) is 30.5 Å². The summed E-state index contributed by atoms with van der Waals surface area (Å²) >= 11 is 0. The first-order chi connectivity index (χ1) is 8.96. The molecule has 7 heteroatoms. The lowest BCUT2D eigenvalue weighted by molar-refractivity contribution is -0.234. The Morgan fingerprint density at radius 3 is 2.16 bits per heavy atom. The van der Waals surface area contributed by atoms with E-state index in [0.29, 0.717) is 6.54 Å². The van der Waals surface area contributed by atoms with Gasteiger partial charge in [-0.25, -0.2) is 0 Å². The van der Waals surface area contributed by atoms with E-state index in [4.69, 9.17) is 15.6 Å². The Hall–Kier alpha value is -0.280. The standard InChI is InChI=1S/C12H26N2O5/c1-3-14(4-2)5-7(13)12-11(18)10(17)9(16)8(6-15)19-12/h7-12,15-18H,3-6,13H2,1-2H3/t7-,8-,9-,10+,11+,12+/m1/s1. The van der Waals surface area contributed by atoms with Gasteiger partial charge < -0.3 is 35.8 Å². The summed E-state index contributed by atoms with van der Waals surface area (Å²) in [5.74, 6) is 0. The average molecular weight is 278 g/mol. The Morgan fingerprint density at radius 1 is 1.11 bits per heavy atom. The molecule has 0 aromatic heterocycles. The summed E-state index contributed by atoms with van der Waals surface area (Å²) in [5, 5.41) is 38.4. The van der Waals surface area contributed by atoms with E-state index in [2.05, 4.69) is 4.90 Å². The predicted octanol–water partition coefficient (Wildman–Crippen LogP) is -2.50. The summed E-state index contributed by atoms with van der Waals surface area (Å²) in [6.07, 6.45) is -5.67. The molecule has 6 N–H and O–H groups in total. The van der Waals surface area contributed by atoms with E-state index < -0.39 is 43.2 Å². The summed E-state index contributed by atoms with van der Waals surface area (Å²) < 4.78 is 5.42. The summed E-state index contributed by atoms with van der Waals surface area (Å²) in [7, 11) is 0. The van der Waals surface area contributed by atoms with Gasteiger partial charge in [-0.15, -0.1) is 0 Å². The van der Waals surface area contributed by atoms with Crippen LogP contribution >= 0.6 is 0 Å². The SMILES string of the molecule is CCN(CC)C[C@@H](N)[C@@H]1O[C@H](CO)[C@@H](O)[C@H](O)[C@@H]1O. The van der Waals surface area contributed by atoms with E-state index in [-0.39, 0.29) is 0 Å². The number of hydrogen-bond acceptors (Lipinski definition) is 7. The van der Waals surface area contributed by atoms with Crippen LogP contribution in [0.2, 0.25) is 0 Å². The van der Waals surface area contributed by atoms with Gasteiger partial charge in [0, 0.05) is 12.6 Å². The Bertz CT molecular complexity index is 263. The van der Waals surface area contributed by atoms with Crippen LogP contribution in [0.15, 0.2) is 0 Å². The van der Waals surface area contributed by atoms with Crippen LogP contribution in [0.25, 0.3) is 0 Å². The van der Waals surface area contributed by atoms with E-state index >= 15 is 0 Å². The molecule has 1 heterocycles. The molecule has 0 spiro atoms. The number of likely N-dealkylation sites (N-methyl/N-ethyl adjacent to an activating group) is 1. The van der Waals surface area contributed by atoms with Crippen molar-refractivity contribution < 1.29 is 25.2 Å². The molecule has 0 amide bonds. The number of rotatable bonds is 6. The fourth-order valence-corrected chi connectivity index (χ4v) is 2.37. The van der Waals surface area contributed by atoms with Crippen molar-refractivity contribution in [3.8, 4) is 0 Å². The molecule has 0 aliphatic carbocycles. The number of nitrogens with zero attached hydrogens (tertiary/aromatic N) is 1. The number of ether oxygens (including phenoxy) is 1. The largest absolute Gasteiger partial charge is 0.394 e. The van der Waals surface area contributed by atoms with Crippen molar-refractivity contribution in [3.05, 3.63) is 0 Å². The third-order valence-electron chi connectivity index (χ3n) is 3.71. The second kappa shape index (κ2) is 7.49. The van der Waals surface area contributed by atoms with Crippen LogP contribution in [-0.2, 0) is 4.74 Å². The topological polar surface area (TPSA) is 119 Å². The predicted molar refractivity (Wildman–Crippen MR) is 69.5 cm³/mol. The third-order valence-corrected chi connectivity index (χ3v) is 3.71. The zero-order valence-electron chi connectivity index (χ0n) is 11.5. The Labute approximate surface area is 113 Å². The van der Waals surface area contributed by atoms with E-state index in [1.54, 1.807) is 0 Å². The summed E-state index contributed by atoms with van der Waals surface area (Å²) in [5.41, 5.74) is 6.01. The molecule has 0 bridgehead atoms. The van der Waals surface area contributed by atoms with Gasteiger partial charge in [-0.05, 0) is 13.1 Å². The summed E-state index contributed by atoms with van der Waals surface area (Å²) in [6.45, 7) is 5.73. The van der Waals surface area contributed by atoms with Crippen molar-refractivity contribution in [2.24, 2.45) is 5.73 Å². The highest BCUT2D eigenvalue weighted by Crippen LogP contribution is 2.23. The molecule has 0 aromatic carbocycles. The average Bonchev–Trinajstić information content (AvgIpc) is 2.42.